The zero-order valence-corrected chi connectivity index (χ0v) is 20.2. The number of aromatic amines is 2. The summed E-state index contributed by atoms with van der Waals surface area (Å²) < 4.78 is 61.2. The molecule has 0 spiro atoms. The van der Waals surface area contributed by atoms with Crippen molar-refractivity contribution in [2.75, 3.05) is 6.61 Å². The van der Waals surface area contributed by atoms with Crippen molar-refractivity contribution in [3.05, 3.63) is 32.6 Å². The first kappa shape index (κ1) is 29.3. The van der Waals surface area contributed by atoms with Gasteiger partial charge in [0, 0.05) is 19.9 Å². The summed E-state index contributed by atoms with van der Waals surface area (Å²) in [6, 6.07) is 0.864. The fourth-order valence-corrected chi connectivity index (χ4v) is 5.91. The molecule has 195 valence electrons. The maximum atomic E-state index is 12.1. The lowest BCUT2D eigenvalue weighted by Crippen LogP contribution is -2.40. The Hall–Kier alpha value is -1.91. The number of carbonyl (C=O) groups is 2. The summed E-state index contributed by atoms with van der Waals surface area (Å²) in [5, 5.41) is 0. The summed E-state index contributed by atoms with van der Waals surface area (Å²) in [5.41, 5.74) is -2.09. The lowest BCUT2D eigenvalue weighted by Gasteiger charge is -2.39. The van der Waals surface area contributed by atoms with Gasteiger partial charge in [-0.1, -0.05) is 0 Å². The van der Waals surface area contributed by atoms with Crippen molar-refractivity contribution in [1.29, 1.82) is 0 Å². The normalized spacial score (nSPS) is 25.9. The molecule has 3 radical (unpaired) electrons. The highest BCUT2D eigenvalue weighted by Crippen LogP contribution is 2.62. The Morgan fingerprint density at radius 2 is 1.60 bits per heavy atom. The molecule has 18 nitrogen and oxygen atoms in total. The van der Waals surface area contributed by atoms with E-state index in [1.165, 1.54) is 0 Å². The highest BCUT2D eigenvalue weighted by molar-refractivity contribution is 7.83. The second kappa shape index (κ2) is 11.0. The molecule has 6 atom stereocenters. The molecule has 0 aliphatic carbocycles. The summed E-state index contributed by atoms with van der Waals surface area (Å²) in [5.74, 6) is -1.85. The van der Waals surface area contributed by atoms with E-state index in [-0.39, 0.29) is 5.69 Å². The third-order valence-corrected chi connectivity index (χ3v) is 7.65. The molecule has 1 aromatic rings. The van der Waals surface area contributed by atoms with Crippen LogP contribution in [0, 0.1) is 0 Å². The number of H-pyrrole nitrogens is 2. The molecule has 2 unspecified atom stereocenters. The first-order valence-corrected chi connectivity index (χ1v) is 13.5. The van der Waals surface area contributed by atoms with Crippen molar-refractivity contribution in [3.63, 3.8) is 0 Å². The van der Waals surface area contributed by atoms with Gasteiger partial charge in [0.15, 0.2) is 12.2 Å². The molecular weight excluding hydrogens is 544 g/mol. The third-order valence-electron chi connectivity index (χ3n) is 3.83. The number of nitrogens with one attached hydrogen (secondary N) is 2. The number of rotatable bonds is 10. The van der Waals surface area contributed by atoms with Gasteiger partial charge >= 0.3 is 17.6 Å². The van der Waals surface area contributed by atoms with Gasteiger partial charge in [-0.3, -0.25) is 32.6 Å². The average Bonchev–Trinajstić information content (AvgIpc) is 2.92. The first-order chi connectivity index (χ1) is 15.9. The Labute approximate surface area is 196 Å². The Morgan fingerprint density at radius 1 is 1.03 bits per heavy atom. The molecule has 2 N–H and O–H groups in total. The van der Waals surface area contributed by atoms with Crippen LogP contribution in [0.2, 0.25) is 0 Å². The lowest BCUT2D eigenvalue weighted by atomic mass is 10.0. The number of ether oxygens (including phenoxy) is 3. The van der Waals surface area contributed by atoms with Crippen LogP contribution < -0.4 is 25.9 Å². The van der Waals surface area contributed by atoms with Gasteiger partial charge in [0.1, 0.15) is 12.2 Å². The summed E-state index contributed by atoms with van der Waals surface area (Å²) in [6.07, 6.45) is -6.08. The van der Waals surface area contributed by atoms with Crippen molar-refractivity contribution in [3.8, 4) is 0 Å². The zero-order chi connectivity index (χ0) is 26.8. The molecule has 35 heavy (non-hydrogen) atoms. The van der Waals surface area contributed by atoms with Crippen LogP contribution in [0.25, 0.3) is 0 Å². The Bertz CT molecular complexity index is 1200. The number of hydrogen-bond donors (Lipinski definition) is 2. The smallest absolute Gasteiger partial charge is 0.325 e. The maximum absolute atomic E-state index is 12.1. The van der Waals surface area contributed by atoms with E-state index in [0.717, 1.165) is 19.9 Å². The van der Waals surface area contributed by atoms with E-state index in [9.17, 15) is 47.6 Å². The highest BCUT2D eigenvalue weighted by atomic mass is 31.3. The number of hydrogen-bond acceptors (Lipinski definition) is 16. The van der Waals surface area contributed by atoms with Crippen molar-refractivity contribution in [2.24, 2.45) is 0 Å². The minimum absolute atomic E-state index is 0.240. The summed E-state index contributed by atoms with van der Waals surface area (Å²) >= 11 is 0. The van der Waals surface area contributed by atoms with Gasteiger partial charge in [-0.25, -0.2) is 4.79 Å². The number of esters is 2. The van der Waals surface area contributed by atoms with Crippen LogP contribution in [0.3, 0.4) is 0 Å². The largest absolute Gasteiger partial charge is 0.790 e. The van der Waals surface area contributed by atoms with E-state index < -0.39 is 77.3 Å². The molecule has 1 aliphatic rings. The van der Waals surface area contributed by atoms with Crippen LogP contribution in [0.1, 0.15) is 25.6 Å². The van der Waals surface area contributed by atoms with E-state index in [1.807, 2.05) is 4.98 Å². The van der Waals surface area contributed by atoms with Gasteiger partial charge in [0.25, 0.3) is 13.4 Å². The molecule has 22 heteroatoms. The second-order valence-electron chi connectivity index (χ2n) is 6.68. The van der Waals surface area contributed by atoms with E-state index in [2.05, 4.69) is 18.1 Å². The number of carbonyl (C=O) groups excluding carboxylic acids is 2. The fourth-order valence-electron chi connectivity index (χ4n) is 2.89. The van der Waals surface area contributed by atoms with Gasteiger partial charge < -0.3 is 55.1 Å². The van der Waals surface area contributed by atoms with Crippen LogP contribution >= 0.6 is 23.1 Å². The minimum Gasteiger partial charge on any atom is -0.790 e. The SMILES string of the molecule is [B-]P(=O)(OC[C@H]1O[C@@H](c2cc(=O)[nH]c(=O)[nH]2)[C@H](OC(C)=O)[C@@H]1OC(C)=O)OP(=O)([O-])OP(=O)([O-])[O-]. The molecule has 2 heterocycles. The van der Waals surface area contributed by atoms with Gasteiger partial charge in [-0.05, 0) is 0 Å². The molecule has 0 saturated carbocycles. The molecule has 2 rings (SSSR count). The molecule has 1 fully saturated rings. The van der Waals surface area contributed by atoms with Crippen molar-refractivity contribution in [2.45, 2.75) is 38.3 Å². The maximum Gasteiger partial charge on any atom is 0.325 e. The van der Waals surface area contributed by atoms with E-state index in [0.29, 0.717) is 0 Å². The number of phosphoric acid groups is 2. The zero-order valence-electron chi connectivity index (χ0n) is 17.5. The van der Waals surface area contributed by atoms with Gasteiger partial charge in [-0.2, -0.15) is 0 Å². The average molecular weight is 559 g/mol. The Balaban J connectivity index is 2.32. The van der Waals surface area contributed by atoms with Gasteiger partial charge in [0.05, 0.1) is 27.6 Å². The third kappa shape index (κ3) is 9.24. The van der Waals surface area contributed by atoms with Gasteiger partial charge in [0.2, 0.25) is 0 Å². The molecule has 0 aromatic carbocycles. The van der Waals surface area contributed by atoms with Crippen LogP contribution in [0.15, 0.2) is 15.7 Å². The van der Waals surface area contributed by atoms with Crippen LogP contribution in [0.5, 0.6) is 0 Å². The lowest BCUT2D eigenvalue weighted by molar-refractivity contribution is -0.339. The van der Waals surface area contributed by atoms with Crippen molar-refractivity contribution >= 4 is 42.6 Å². The molecule has 0 bridgehead atoms. The highest BCUT2D eigenvalue weighted by Gasteiger charge is 2.50. The minimum atomic E-state index is -6.13. The van der Waals surface area contributed by atoms with Crippen molar-refractivity contribution < 1.29 is 65.3 Å². The molecule has 0 amide bonds. The monoisotopic (exact) mass is 559 g/mol. The number of aromatic nitrogens is 2. The van der Waals surface area contributed by atoms with E-state index in [1.54, 1.807) is 0 Å². The second-order valence-corrected chi connectivity index (χ2v) is 11.1. The summed E-state index contributed by atoms with van der Waals surface area (Å²) in [7, 11) is -12.3. The molecular formula is C13H15BN2O16P3-4. The molecule has 1 aliphatic heterocycles. The standard InChI is InChI=1S/C13H18BN2O16P3/c1-5(17)28-11-8(4-27-33(14,21)31-35(25,26)32-34(22,23)24)30-10(12(11)29-6(2)18)7-3-9(19)16-13(20)15-7/h3,8,10-12H,4H2,1-2H3,(H,25,26)(H2,22,23,24)(H2,15,16,19,20)/q-1/p-3/t8-,10+,11-,12+,33?/m1/s1. The fraction of sp³-hybridized carbons (Fsp3) is 0.538. The molecule has 1 aromatic heterocycles. The Kier molecular flexibility index (Phi) is 9.22. The van der Waals surface area contributed by atoms with Gasteiger partial charge in [-0.15, -0.1) is 0 Å². The topological polar surface area (TPSA) is 276 Å². The van der Waals surface area contributed by atoms with Crippen LogP contribution in [0.4, 0.5) is 0 Å². The van der Waals surface area contributed by atoms with E-state index >= 15 is 0 Å². The summed E-state index contributed by atoms with van der Waals surface area (Å²) in [4.78, 5) is 82.9. The van der Waals surface area contributed by atoms with Crippen molar-refractivity contribution in [1.82, 2.24) is 9.97 Å². The Morgan fingerprint density at radius 3 is 2.11 bits per heavy atom. The van der Waals surface area contributed by atoms with Crippen LogP contribution in [-0.4, -0.2) is 54.4 Å². The van der Waals surface area contributed by atoms with Crippen LogP contribution in [-0.2, 0) is 50.6 Å². The predicted octanol–water partition coefficient (Wildman–Crippen LogP) is -3.01. The quantitative estimate of drug-likeness (QED) is 0.164. The van der Waals surface area contributed by atoms with E-state index in [4.69, 9.17) is 21.8 Å². The summed E-state index contributed by atoms with van der Waals surface area (Å²) in [6.45, 7) is 0.918. The molecule has 1 saturated heterocycles. The predicted molar refractivity (Wildman–Crippen MR) is 103 cm³/mol. The first-order valence-electron chi connectivity index (χ1n) is 9.00.